The molecule has 0 radical (unpaired) electrons. The molecule has 1 atom stereocenters. The molecule has 0 aromatic carbocycles. The predicted octanol–water partition coefficient (Wildman–Crippen LogP) is 6.84. The lowest BCUT2D eigenvalue weighted by Crippen LogP contribution is -2.28. The minimum Gasteiger partial charge on any atom is -0.0654 e. The van der Waals surface area contributed by atoms with Crippen LogP contribution >= 0.6 is 0 Å². The fourth-order valence-corrected chi connectivity index (χ4v) is 3.14. The van der Waals surface area contributed by atoms with Gasteiger partial charge in [0.25, 0.3) is 0 Å². The van der Waals surface area contributed by atoms with E-state index in [4.69, 9.17) is 0 Å². The van der Waals surface area contributed by atoms with Crippen molar-refractivity contribution in [2.45, 2.75) is 99.8 Å². The van der Waals surface area contributed by atoms with Crippen molar-refractivity contribution in [3.05, 3.63) is 0 Å². The van der Waals surface area contributed by atoms with Crippen LogP contribution in [0.2, 0.25) is 0 Å². The lowest BCUT2D eigenvalue weighted by Gasteiger charge is -2.39. The quantitative estimate of drug-likeness (QED) is 0.400. The Bertz CT molecular complexity index is 196. The zero-order valence-corrected chi connectivity index (χ0v) is 14.2. The zero-order valence-electron chi connectivity index (χ0n) is 14.2. The maximum absolute atomic E-state index is 2.52. The van der Waals surface area contributed by atoms with Crippen molar-refractivity contribution in [2.24, 2.45) is 16.7 Å². The summed E-state index contributed by atoms with van der Waals surface area (Å²) in [7, 11) is 0. The van der Waals surface area contributed by atoms with Crippen LogP contribution in [0, 0.1) is 16.7 Å². The van der Waals surface area contributed by atoms with Gasteiger partial charge in [-0.05, 0) is 29.6 Å². The predicted molar refractivity (Wildman–Crippen MR) is 85.0 cm³/mol. The number of hydrogen-bond acceptors (Lipinski definition) is 0. The Morgan fingerprint density at radius 1 is 0.722 bits per heavy atom. The second-order valence-electron chi connectivity index (χ2n) is 6.90. The van der Waals surface area contributed by atoms with Gasteiger partial charge in [-0.25, -0.2) is 0 Å². The Kier molecular flexibility index (Phi) is 8.23. The van der Waals surface area contributed by atoms with Gasteiger partial charge in [-0.1, -0.05) is 87.0 Å². The van der Waals surface area contributed by atoms with Gasteiger partial charge in [0.05, 0.1) is 0 Å². The Morgan fingerprint density at radius 2 is 1.22 bits per heavy atom. The number of rotatable bonds is 10. The molecule has 0 heterocycles. The maximum atomic E-state index is 2.52. The van der Waals surface area contributed by atoms with Crippen molar-refractivity contribution in [3.8, 4) is 0 Å². The van der Waals surface area contributed by atoms with E-state index < -0.39 is 0 Å². The molecule has 1 unspecified atom stereocenters. The van der Waals surface area contributed by atoms with Crippen LogP contribution in [0.3, 0.4) is 0 Å². The average Bonchev–Trinajstić information content (AvgIpc) is 2.42. The molecule has 0 aliphatic carbocycles. The summed E-state index contributed by atoms with van der Waals surface area (Å²) in [5, 5.41) is 0. The summed E-state index contributed by atoms with van der Waals surface area (Å²) in [5.74, 6) is 0.926. The third-order valence-corrected chi connectivity index (χ3v) is 6.04. The highest BCUT2D eigenvalue weighted by Crippen LogP contribution is 2.43. The van der Waals surface area contributed by atoms with Gasteiger partial charge in [-0.3, -0.25) is 0 Å². The normalized spacial score (nSPS) is 14.8. The van der Waals surface area contributed by atoms with Crippen LogP contribution < -0.4 is 0 Å². The van der Waals surface area contributed by atoms with E-state index in [0.29, 0.717) is 10.8 Å². The summed E-state index contributed by atoms with van der Waals surface area (Å²) in [4.78, 5) is 0. The Hall–Kier alpha value is 0. The first kappa shape index (κ1) is 18.0. The molecule has 0 amide bonds. The van der Waals surface area contributed by atoms with E-state index in [1.165, 1.54) is 51.4 Å². The van der Waals surface area contributed by atoms with Crippen molar-refractivity contribution in [2.75, 3.05) is 0 Å². The largest absolute Gasteiger partial charge is 0.0654 e. The molecule has 0 aromatic heterocycles. The summed E-state index contributed by atoms with van der Waals surface area (Å²) in [5.41, 5.74) is 1.15. The molecule has 110 valence electrons. The lowest BCUT2D eigenvalue weighted by molar-refractivity contribution is 0.122. The summed E-state index contributed by atoms with van der Waals surface area (Å²) in [6.07, 6.45) is 10.9. The van der Waals surface area contributed by atoms with E-state index in [2.05, 4.69) is 48.5 Å². The number of hydrogen-bond donors (Lipinski definition) is 0. The van der Waals surface area contributed by atoms with Crippen LogP contribution in [0.15, 0.2) is 0 Å². The Labute approximate surface area is 117 Å². The summed E-state index contributed by atoms with van der Waals surface area (Å²) >= 11 is 0. The topological polar surface area (TPSA) is 0 Å². The van der Waals surface area contributed by atoms with Gasteiger partial charge in [0, 0.05) is 0 Å². The van der Waals surface area contributed by atoms with Crippen molar-refractivity contribution in [1.29, 1.82) is 0 Å². The first-order valence-corrected chi connectivity index (χ1v) is 8.41. The van der Waals surface area contributed by atoms with Gasteiger partial charge in [-0.2, -0.15) is 0 Å². The molecule has 0 aliphatic heterocycles. The van der Waals surface area contributed by atoms with Gasteiger partial charge in [0.1, 0.15) is 0 Å². The average molecular weight is 255 g/mol. The molecule has 18 heavy (non-hydrogen) atoms. The van der Waals surface area contributed by atoms with Gasteiger partial charge in [-0.15, -0.1) is 0 Å². The van der Waals surface area contributed by atoms with Crippen LogP contribution in [-0.4, -0.2) is 0 Å². The highest BCUT2D eigenvalue weighted by atomic mass is 14.4. The molecule has 0 spiro atoms. The molecular formula is C18H38. The third kappa shape index (κ3) is 4.94. The van der Waals surface area contributed by atoms with E-state index >= 15 is 0 Å². The van der Waals surface area contributed by atoms with E-state index in [1.807, 2.05) is 0 Å². The van der Waals surface area contributed by atoms with Crippen LogP contribution in [0.25, 0.3) is 0 Å². The highest BCUT2D eigenvalue weighted by molar-refractivity contribution is 4.82. The zero-order chi connectivity index (χ0) is 14.2. The fraction of sp³-hybridized carbons (Fsp3) is 1.00. The molecule has 0 aliphatic rings. The van der Waals surface area contributed by atoms with E-state index in [1.54, 1.807) is 0 Å². The highest BCUT2D eigenvalue weighted by Gasteiger charge is 2.31. The monoisotopic (exact) mass is 254 g/mol. The molecule has 0 rings (SSSR count). The second-order valence-corrected chi connectivity index (χ2v) is 6.90. The summed E-state index contributed by atoms with van der Waals surface area (Å²) < 4.78 is 0. The summed E-state index contributed by atoms with van der Waals surface area (Å²) in [6, 6.07) is 0. The van der Waals surface area contributed by atoms with Crippen LogP contribution in [0.5, 0.6) is 0 Å². The fourth-order valence-electron chi connectivity index (χ4n) is 3.14. The molecule has 0 saturated heterocycles. The minimum absolute atomic E-state index is 0.568. The van der Waals surface area contributed by atoms with Gasteiger partial charge in [0.2, 0.25) is 0 Å². The molecule has 0 nitrogen and oxygen atoms in total. The standard InChI is InChI=1S/C18H38/c1-8-13-16(18(7,11-4)12-5)14-15-17(6,9-2)10-3/h16H,8-15H2,1-7H3. The third-order valence-electron chi connectivity index (χ3n) is 6.04. The van der Waals surface area contributed by atoms with E-state index in [0.717, 1.165) is 5.92 Å². The summed E-state index contributed by atoms with van der Waals surface area (Å²) in [6.45, 7) is 16.8. The van der Waals surface area contributed by atoms with Crippen molar-refractivity contribution >= 4 is 0 Å². The molecule has 0 aromatic rings. The Morgan fingerprint density at radius 3 is 1.56 bits per heavy atom. The molecule has 0 N–H and O–H groups in total. The van der Waals surface area contributed by atoms with E-state index in [9.17, 15) is 0 Å². The van der Waals surface area contributed by atoms with Gasteiger partial charge < -0.3 is 0 Å². The van der Waals surface area contributed by atoms with Crippen molar-refractivity contribution in [3.63, 3.8) is 0 Å². The smallest absolute Gasteiger partial charge is 0.0303 e. The van der Waals surface area contributed by atoms with Gasteiger partial charge in [0.15, 0.2) is 0 Å². The van der Waals surface area contributed by atoms with Crippen molar-refractivity contribution in [1.82, 2.24) is 0 Å². The van der Waals surface area contributed by atoms with E-state index in [-0.39, 0.29) is 0 Å². The molecule has 0 fully saturated rings. The molecular weight excluding hydrogens is 216 g/mol. The Balaban J connectivity index is 4.63. The first-order valence-electron chi connectivity index (χ1n) is 8.41. The second kappa shape index (κ2) is 8.23. The molecule has 0 saturated carbocycles. The molecule has 0 heteroatoms. The van der Waals surface area contributed by atoms with Crippen molar-refractivity contribution < 1.29 is 0 Å². The molecule has 0 bridgehead atoms. The minimum atomic E-state index is 0.568. The van der Waals surface area contributed by atoms with Crippen LogP contribution in [0.1, 0.15) is 99.8 Å². The van der Waals surface area contributed by atoms with Crippen LogP contribution in [0.4, 0.5) is 0 Å². The van der Waals surface area contributed by atoms with Crippen LogP contribution in [-0.2, 0) is 0 Å². The maximum Gasteiger partial charge on any atom is -0.0303 e. The lowest BCUT2D eigenvalue weighted by atomic mass is 9.67. The SMILES string of the molecule is CCCC(CCC(C)(CC)CC)C(C)(CC)CC. The van der Waals surface area contributed by atoms with Gasteiger partial charge >= 0.3 is 0 Å². The first-order chi connectivity index (χ1) is 8.41.